The van der Waals surface area contributed by atoms with Crippen molar-refractivity contribution in [1.82, 2.24) is 10.2 Å². The highest BCUT2D eigenvalue weighted by Crippen LogP contribution is 2.17. The molecular weight excluding hydrogens is 188 g/mol. The largest absolute Gasteiger partial charge is 0.421 e. The van der Waals surface area contributed by atoms with E-state index in [1.165, 1.54) is 5.56 Å². The first kappa shape index (κ1) is 11.4. The molecule has 1 heterocycles. The van der Waals surface area contributed by atoms with Gasteiger partial charge in [-0.1, -0.05) is 31.5 Å². The van der Waals surface area contributed by atoms with Crippen LogP contribution in [-0.2, 0) is 0 Å². The number of hydrogen-bond acceptors (Lipinski definition) is 3. The van der Waals surface area contributed by atoms with Crippen molar-refractivity contribution in [3.8, 4) is 11.5 Å². The first-order chi connectivity index (χ1) is 7.25. The third kappa shape index (κ3) is 2.91. The zero-order valence-electron chi connectivity index (χ0n) is 9.61. The molecule has 3 nitrogen and oxygen atoms in total. The van der Waals surface area contributed by atoms with E-state index in [1.54, 1.807) is 6.92 Å². The molecule has 0 aliphatic heterocycles. The van der Waals surface area contributed by atoms with Crippen LogP contribution in [0.4, 0.5) is 0 Å². The second kappa shape index (κ2) is 5.29. The Labute approximate surface area is 90.2 Å². The Balaban J connectivity index is 0.000000531. The van der Waals surface area contributed by atoms with Crippen molar-refractivity contribution >= 4 is 0 Å². The topological polar surface area (TPSA) is 38.9 Å². The van der Waals surface area contributed by atoms with Crippen molar-refractivity contribution in [2.24, 2.45) is 0 Å². The summed E-state index contributed by atoms with van der Waals surface area (Å²) >= 11 is 0. The molecule has 0 saturated carbocycles. The van der Waals surface area contributed by atoms with Crippen LogP contribution in [-0.4, -0.2) is 10.2 Å². The molecule has 0 saturated heterocycles. The standard InChI is InChI=1S/C10H10N2O.C2H6/c1-7-3-5-9(6-4-7)10-12-11-8(2)13-10;1-2/h3-6H,1-2H3;1-2H3. The van der Waals surface area contributed by atoms with Gasteiger partial charge in [0, 0.05) is 12.5 Å². The van der Waals surface area contributed by atoms with Gasteiger partial charge in [-0.2, -0.15) is 0 Å². The van der Waals surface area contributed by atoms with E-state index in [0.29, 0.717) is 11.8 Å². The normalized spacial score (nSPS) is 9.33. The maximum Gasteiger partial charge on any atom is 0.247 e. The predicted octanol–water partition coefficient (Wildman–Crippen LogP) is 3.38. The van der Waals surface area contributed by atoms with E-state index in [4.69, 9.17) is 4.42 Å². The Morgan fingerprint density at radius 1 is 0.933 bits per heavy atom. The number of aromatic nitrogens is 2. The van der Waals surface area contributed by atoms with Crippen LogP contribution in [0.15, 0.2) is 28.7 Å². The number of benzene rings is 1. The molecule has 15 heavy (non-hydrogen) atoms. The lowest BCUT2D eigenvalue weighted by Gasteiger charge is -1.94. The summed E-state index contributed by atoms with van der Waals surface area (Å²) in [6.07, 6.45) is 0. The molecule has 0 aliphatic rings. The van der Waals surface area contributed by atoms with E-state index < -0.39 is 0 Å². The van der Waals surface area contributed by atoms with Gasteiger partial charge in [-0.05, 0) is 19.1 Å². The zero-order chi connectivity index (χ0) is 11.3. The monoisotopic (exact) mass is 204 g/mol. The summed E-state index contributed by atoms with van der Waals surface area (Å²) < 4.78 is 5.29. The molecule has 0 aliphatic carbocycles. The van der Waals surface area contributed by atoms with Crippen molar-refractivity contribution in [2.75, 3.05) is 0 Å². The van der Waals surface area contributed by atoms with Gasteiger partial charge in [-0.15, -0.1) is 10.2 Å². The first-order valence-corrected chi connectivity index (χ1v) is 5.13. The lowest BCUT2D eigenvalue weighted by atomic mass is 10.1. The molecule has 0 unspecified atom stereocenters. The second-order valence-corrected chi connectivity index (χ2v) is 2.99. The molecular formula is C12H16N2O. The van der Waals surface area contributed by atoms with Crippen molar-refractivity contribution in [1.29, 1.82) is 0 Å². The van der Waals surface area contributed by atoms with Crippen LogP contribution >= 0.6 is 0 Å². The second-order valence-electron chi connectivity index (χ2n) is 2.99. The fourth-order valence-corrected chi connectivity index (χ4v) is 1.11. The van der Waals surface area contributed by atoms with Crippen LogP contribution in [0.25, 0.3) is 11.5 Å². The minimum absolute atomic E-state index is 0.581. The Hall–Kier alpha value is -1.64. The van der Waals surface area contributed by atoms with Crippen LogP contribution < -0.4 is 0 Å². The highest BCUT2D eigenvalue weighted by molar-refractivity contribution is 5.52. The predicted molar refractivity (Wildman–Crippen MR) is 60.6 cm³/mol. The van der Waals surface area contributed by atoms with Crippen LogP contribution in [0.5, 0.6) is 0 Å². The molecule has 0 fully saturated rings. The van der Waals surface area contributed by atoms with E-state index in [9.17, 15) is 0 Å². The molecule has 0 spiro atoms. The third-order valence-electron chi connectivity index (χ3n) is 1.82. The van der Waals surface area contributed by atoms with Crippen LogP contribution in [0.2, 0.25) is 0 Å². The average Bonchev–Trinajstić information content (AvgIpc) is 2.69. The summed E-state index contributed by atoms with van der Waals surface area (Å²) in [7, 11) is 0. The van der Waals surface area contributed by atoms with E-state index in [2.05, 4.69) is 10.2 Å². The Kier molecular flexibility index (Phi) is 4.03. The SMILES string of the molecule is CC.Cc1ccc(-c2nnc(C)o2)cc1. The number of rotatable bonds is 1. The Morgan fingerprint density at radius 3 is 2.00 bits per heavy atom. The van der Waals surface area contributed by atoms with Gasteiger partial charge in [0.15, 0.2) is 0 Å². The van der Waals surface area contributed by atoms with Crippen molar-refractivity contribution in [3.63, 3.8) is 0 Å². The molecule has 0 radical (unpaired) electrons. The van der Waals surface area contributed by atoms with Crippen molar-refractivity contribution < 1.29 is 4.42 Å². The third-order valence-corrected chi connectivity index (χ3v) is 1.82. The van der Waals surface area contributed by atoms with Crippen LogP contribution in [0, 0.1) is 13.8 Å². The van der Waals surface area contributed by atoms with Crippen molar-refractivity contribution in [3.05, 3.63) is 35.7 Å². The van der Waals surface area contributed by atoms with Gasteiger partial charge in [0.25, 0.3) is 0 Å². The maximum absolute atomic E-state index is 5.29. The van der Waals surface area contributed by atoms with Gasteiger partial charge in [0.2, 0.25) is 11.8 Å². The lowest BCUT2D eigenvalue weighted by molar-refractivity contribution is 0.533. The lowest BCUT2D eigenvalue weighted by Crippen LogP contribution is -1.77. The molecule has 2 rings (SSSR count). The van der Waals surface area contributed by atoms with Gasteiger partial charge >= 0.3 is 0 Å². The minimum atomic E-state index is 0.581. The molecule has 0 bridgehead atoms. The number of hydrogen-bond donors (Lipinski definition) is 0. The quantitative estimate of drug-likeness (QED) is 0.714. The van der Waals surface area contributed by atoms with Gasteiger partial charge < -0.3 is 4.42 Å². The number of nitrogens with zero attached hydrogens (tertiary/aromatic N) is 2. The summed E-state index contributed by atoms with van der Waals surface area (Å²) in [5.41, 5.74) is 2.19. The molecule has 3 heteroatoms. The molecule has 0 amide bonds. The average molecular weight is 204 g/mol. The summed E-state index contributed by atoms with van der Waals surface area (Å²) in [6.45, 7) is 7.83. The first-order valence-electron chi connectivity index (χ1n) is 5.13. The molecule has 1 aromatic heterocycles. The molecule has 2 aromatic rings. The summed E-state index contributed by atoms with van der Waals surface area (Å²) in [4.78, 5) is 0. The summed E-state index contributed by atoms with van der Waals surface area (Å²) in [6, 6.07) is 7.99. The zero-order valence-corrected chi connectivity index (χ0v) is 9.61. The van der Waals surface area contributed by atoms with E-state index >= 15 is 0 Å². The fourth-order valence-electron chi connectivity index (χ4n) is 1.11. The molecule has 80 valence electrons. The molecule has 0 N–H and O–H groups in total. The summed E-state index contributed by atoms with van der Waals surface area (Å²) in [5, 5.41) is 7.70. The smallest absolute Gasteiger partial charge is 0.247 e. The van der Waals surface area contributed by atoms with E-state index in [-0.39, 0.29) is 0 Å². The highest BCUT2D eigenvalue weighted by Gasteiger charge is 2.03. The minimum Gasteiger partial charge on any atom is -0.421 e. The van der Waals surface area contributed by atoms with Crippen LogP contribution in [0.1, 0.15) is 25.3 Å². The molecule has 1 aromatic carbocycles. The van der Waals surface area contributed by atoms with Gasteiger partial charge in [-0.3, -0.25) is 0 Å². The maximum atomic E-state index is 5.29. The summed E-state index contributed by atoms with van der Waals surface area (Å²) in [5.74, 6) is 1.17. The van der Waals surface area contributed by atoms with Gasteiger partial charge in [0.1, 0.15) is 0 Å². The Morgan fingerprint density at radius 2 is 1.53 bits per heavy atom. The molecule has 0 atom stereocenters. The highest BCUT2D eigenvalue weighted by atomic mass is 16.4. The van der Waals surface area contributed by atoms with E-state index in [0.717, 1.165) is 5.56 Å². The fraction of sp³-hybridized carbons (Fsp3) is 0.333. The van der Waals surface area contributed by atoms with Gasteiger partial charge in [0.05, 0.1) is 0 Å². The number of aryl methyl sites for hydroxylation is 2. The van der Waals surface area contributed by atoms with E-state index in [1.807, 2.05) is 45.0 Å². The van der Waals surface area contributed by atoms with Crippen molar-refractivity contribution in [2.45, 2.75) is 27.7 Å². The Bertz CT molecular complexity index is 404. The van der Waals surface area contributed by atoms with Gasteiger partial charge in [-0.25, -0.2) is 0 Å². The van der Waals surface area contributed by atoms with Crippen LogP contribution in [0.3, 0.4) is 0 Å².